The molecule has 4 nitrogen and oxygen atoms in total. The molecule has 0 spiro atoms. The molecule has 1 aliphatic rings. The molecule has 0 aliphatic carbocycles. The summed E-state index contributed by atoms with van der Waals surface area (Å²) in [5.41, 5.74) is 0.0402. The fraction of sp³-hybridized carbons (Fsp3) is 0.500. The Morgan fingerprint density at radius 3 is 3.06 bits per heavy atom. The molecule has 1 aromatic rings. The zero-order valence-electron chi connectivity index (χ0n) is 9.94. The highest BCUT2D eigenvalue weighted by atomic mass is 35.5. The smallest absolute Gasteiger partial charge is 0.257 e. The Balaban J connectivity index is 2.19. The van der Waals surface area contributed by atoms with Gasteiger partial charge in [0.05, 0.1) is 17.9 Å². The average Bonchev–Trinajstić information content (AvgIpc) is 2.35. The minimum Gasteiger partial charge on any atom is -0.391 e. The lowest BCUT2D eigenvalue weighted by atomic mass is 9.95. The van der Waals surface area contributed by atoms with Crippen molar-refractivity contribution < 1.29 is 14.3 Å². The van der Waals surface area contributed by atoms with Crippen LogP contribution in [-0.2, 0) is 0 Å². The van der Waals surface area contributed by atoms with Gasteiger partial charge in [-0.1, -0.05) is 18.5 Å². The van der Waals surface area contributed by atoms with E-state index in [0.29, 0.717) is 13.0 Å². The van der Waals surface area contributed by atoms with E-state index < -0.39 is 17.8 Å². The molecule has 1 aromatic heterocycles. The predicted octanol–water partition coefficient (Wildman–Crippen LogP) is 1.72. The molecule has 18 heavy (non-hydrogen) atoms. The molecular weight excluding hydrogens is 259 g/mol. The number of hydrogen-bond donors (Lipinski definition) is 1. The van der Waals surface area contributed by atoms with Crippen molar-refractivity contribution >= 4 is 17.5 Å². The van der Waals surface area contributed by atoms with E-state index in [1.54, 1.807) is 0 Å². The second-order valence-corrected chi connectivity index (χ2v) is 4.93. The number of rotatable bonds is 1. The van der Waals surface area contributed by atoms with Gasteiger partial charge in [-0.3, -0.25) is 4.79 Å². The monoisotopic (exact) mass is 272 g/mol. The van der Waals surface area contributed by atoms with E-state index in [4.69, 9.17) is 11.6 Å². The molecule has 1 aliphatic heterocycles. The topological polar surface area (TPSA) is 53.4 Å². The quantitative estimate of drug-likeness (QED) is 0.792. The molecule has 1 N–H and O–H groups in total. The molecule has 1 amide bonds. The highest BCUT2D eigenvalue weighted by Crippen LogP contribution is 2.21. The maximum absolute atomic E-state index is 13.1. The number of aromatic nitrogens is 1. The van der Waals surface area contributed by atoms with Gasteiger partial charge in [0.15, 0.2) is 0 Å². The first-order valence-corrected chi connectivity index (χ1v) is 6.15. The van der Waals surface area contributed by atoms with Gasteiger partial charge in [-0.2, -0.15) is 0 Å². The molecule has 2 heterocycles. The highest BCUT2D eigenvalue weighted by Gasteiger charge is 2.29. The molecule has 1 saturated heterocycles. The summed E-state index contributed by atoms with van der Waals surface area (Å²) in [6.07, 6.45) is 1.13. The zero-order chi connectivity index (χ0) is 13.3. The highest BCUT2D eigenvalue weighted by molar-refractivity contribution is 6.32. The van der Waals surface area contributed by atoms with Gasteiger partial charge >= 0.3 is 0 Å². The van der Waals surface area contributed by atoms with Gasteiger partial charge in [0.25, 0.3) is 5.91 Å². The Bertz CT molecular complexity index is 469. The van der Waals surface area contributed by atoms with Crippen LogP contribution >= 0.6 is 11.6 Å². The van der Waals surface area contributed by atoms with Gasteiger partial charge in [-0.25, -0.2) is 9.37 Å². The number of hydrogen-bond acceptors (Lipinski definition) is 3. The third-order valence-electron chi connectivity index (χ3n) is 3.24. The van der Waals surface area contributed by atoms with E-state index in [9.17, 15) is 14.3 Å². The maximum atomic E-state index is 13.1. The van der Waals surface area contributed by atoms with E-state index >= 15 is 0 Å². The summed E-state index contributed by atoms with van der Waals surface area (Å²) >= 11 is 5.79. The SMILES string of the molecule is CC1CCN(C(=O)c2cc(F)cnc2Cl)CC1O. The van der Waals surface area contributed by atoms with Gasteiger partial charge in [0.1, 0.15) is 11.0 Å². The van der Waals surface area contributed by atoms with Crippen LogP contribution in [-0.4, -0.2) is 40.1 Å². The fourth-order valence-corrected chi connectivity index (χ4v) is 2.16. The van der Waals surface area contributed by atoms with Crippen LogP contribution in [0.15, 0.2) is 12.3 Å². The van der Waals surface area contributed by atoms with Crippen LogP contribution in [0.4, 0.5) is 4.39 Å². The largest absolute Gasteiger partial charge is 0.391 e. The van der Waals surface area contributed by atoms with E-state index in [2.05, 4.69) is 4.98 Å². The number of nitrogens with zero attached hydrogens (tertiary/aromatic N) is 2. The Labute approximate surface area is 109 Å². The van der Waals surface area contributed by atoms with Gasteiger partial charge < -0.3 is 10.0 Å². The van der Waals surface area contributed by atoms with Crippen LogP contribution < -0.4 is 0 Å². The summed E-state index contributed by atoms with van der Waals surface area (Å²) in [6.45, 7) is 2.71. The second-order valence-electron chi connectivity index (χ2n) is 4.58. The standard InChI is InChI=1S/C12H14ClFN2O2/c1-7-2-3-16(6-10(7)17)12(18)9-4-8(14)5-15-11(9)13/h4-5,7,10,17H,2-3,6H2,1H3. The van der Waals surface area contributed by atoms with Crippen LogP contribution in [0.1, 0.15) is 23.7 Å². The summed E-state index contributed by atoms with van der Waals surface area (Å²) in [6, 6.07) is 1.07. The van der Waals surface area contributed by atoms with Crippen molar-refractivity contribution in [3.05, 3.63) is 28.8 Å². The van der Waals surface area contributed by atoms with Crippen molar-refractivity contribution in [2.45, 2.75) is 19.4 Å². The lowest BCUT2D eigenvalue weighted by molar-refractivity contribution is 0.0248. The summed E-state index contributed by atoms with van der Waals surface area (Å²) in [5, 5.41) is 9.73. The van der Waals surface area contributed by atoms with Crippen LogP contribution in [0.3, 0.4) is 0 Å². The van der Waals surface area contributed by atoms with Crippen molar-refractivity contribution in [3.63, 3.8) is 0 Å². The number of aliphatic hydroxyl groups excluding tert-OH is 1. The molecule has 0 bridgehead atoms. The number of piperidine rings is 1. The number of carbonyl (C=O) groups is 1. The number of amides is 1. The molecule has 2 unspecified atom stereocenters. The van der Waals surface area contributed by atoms with Crippen molar-refractivity contribution in [1.82, 2.24) is 9.88 Å². The number of carbonyl (C=O) groups excluding carboxylic acids is 1. The van der Waals surface area contributed by atoms with Crippen LogP contribution in [0.25, 0.3) is 0 Å². The molecule has 0 saturated carbocycles. The first-order chi connectivity index (χ1) is 8.49. The fourth-order valence-electron chi connectivity index (χ4n) is 1.98. The normalized spacial score (nSPS) is 24.1. The van der Waals surface area contributed by atoms with Crippen LogP contribution in [0.2, 0.25) is 5.15 Å². The van der Waals surface area contributed by atoms with Crippen molar-refractivity contribution in [2.24, 2.45) is 5.92 Å². The predicted molar refractivity (Wildman–Crippen MR) is 64.9 cm³/mol. The van der Waals surface area contributed by atoms with Gasteiger partial charge in [0, 0.05) is 13.1 Å². The summed E-state index contributed by atoms with van der Waals surface area (Å²) in [5.74, 6) is -0.832. The number of halogens is 2. The second kappa shape index (κ2) is 5.20. The van der Waals surface area contributed by atoms with Gasteiger partial charge in [-0.05, 0) is 18.4 Å². The van der Waals surface area contributed by atoms with Gasteiger partial charge in [0.2, 0.25) is 0 Å². The van der Waals surface area contributed by atoms with E-state index in [-0.39, 0.29) is 23.2 Å². The molecule has 2 atom stereocenters. The Morgan fingerprint density at radius 1 is 1.67 bits per heavy atom. The van der Waals surface area contributed by atoms with E-state index in [1.807, 2.05) is 6.92 Å². The number of aliphatic hydroxyl groups is 1. The van der Waals surface area contributed by atoms with E-state index in [0.717, 1.165) is 12.3 Å². The lowest BCUT2D eigenvalue weighted by Gasteiger charge is -2.34. The van der Waals surface area contributed by atoms with Crippen LogP contribution in [0.5, 0.6) is 0 Å². The number of likely N-dealkylation sites (tertiary alicyclic amines) is 1. The molecule has 2 rings (SSSR count). The third-order valence-corrected chi connectivity index (χ3v) is 3.54. The Morgan fingerprint density at radius 2 is 2.39 bits per heavy atom. The summed E-state index contributed by atoms with van der Waals surface area (Å²) in [7, 11) is 0. The minimum absolute atomic E-state index is 0.0190. The Kier molecular flexibility index (Phi) is 3.82. The van der Waals surface area contributed by atoms with Gasteiger partial charge in [-0.15, -0.1) is 0 Å². The molecule has 98 valence electrons. The first-order valence-electron chi connectivity index (χ1n) is 5.77. The first kappa shape index (κ1) is 13.2. The molecule has 0 radical (unpaired) electrons. The zero-order valence-corrected chi connectivity index (χ0v) is 10.7. The van der Waals surface area contributed by atoms with Crippen LogP contribution in [0, 0.1) is 11.7 Å². The lowest BCUT2D eigenvalue weighted by Crippen LogP contribution is -2.45. The van der Waals surface area contributed by atoms with Crippen molar-refractivity contribution in [3.8, 4) is 0 Å². The average molecular weight is 273 g/mol. The van der Waals surface area contributed by atoms with Crippen molar-refractivity contribution in [1.29, 1.82) is 0 Å². The molecule has 1 fully saturated rings. The molecule has 6 heteroatoms. The van der Waals surface area contributed by atoms with Crippen molar-refractivity contribution in [2.75, 3.05) is 13.1 Å². The maximum Gasteiger partial charge on any atom is 0.257 e. The summed E-state index contributed by atoms with van der Waals surface area (Å²) < 4.78 is 13.1. The number of β-amino-alcohol motifs (C(OH)–C–C–N with tert-alkyl or cyclic N) is 1. The third kappa shape index (κ3) is 2.62. The Hall–Kier alpha value is -1.20. The molecule has 0 aromatic carbocycles. The minimum atomic E-state index is -0.603. The molecular formula is C12H14ClFN2O2. The summed E-state index contributed by atoms with van der Waals surface area (Å²) in [4.78, 5) is 17.2. The van der Waals surface area contributed by atoms with E-state index in [1.165, 1.54) is 4.90 Å². The number of pyridine rings is 1.